The molecule has 1 N–H and O–H groups in total. The maximum absolute atomic E-state index is 4.54. The molecule has 0 saturated heterocycles. The summed E-state index contributed by atoms with van der Waals surface area (Å²) in [5.41, 5.74) is 7.08. The summed E-state index contributed by atoms with van der Waals surface area (Å²) in [6, 6.07) is 22.0. The van der Waals surface area contributed by atoms with Crippen LogP contribution in [0.25, 0.3) is 43.9 Å². The van der Waals surface area contributed by atoms with Gasteiger partial charge in [0.05, 0.1) is 39.7 Å². The number of imidazole rings is 1. The number of hydrogen-bond acceptors (Lipinski definition) is 9. The van der Waals surface area contributed by atoms with Crippen molar-refractivity contribution in [3.05, 3.63) is 127 Å². The number of rotatable bonds is 3. The van der Waals surface area contributed by atoms with E-state index in [0.717, 1.165) is 66.9 Å². The Kier molecular flexibility index (Phi) is 12.2. The lowest BCUT2D eigenvalue weighted by molar-refractivity contribution is 0.548. The first-order valence-electron chi connectivity index (χ1n) is 17.7. The molecule has 0 aliphatic rings. The molecule has 52 heavy (non-hydrogen) atoms. The summed E-state index contributed by atoms with van der Waals surface area (Å²) in [5, 5.41) is 3.26. The van der Waals surface area contributed by atoms with E-state index < -0.39 is 0 Å². The standard InChI is InChI=1S/C12H14N2.2C10H11N3.C10H12N2/c1-12(2,3)11-13-8-9-6-4-5-7-10(9)14-11;1-7(2)10-8-3-4-11-5-9(8)12-6-13-10;1-7(2)9-8-4-3-5-11-10(8)13-6-12-9;1-7(2)10-11-8-5-3-4-6-9(8)12-10/h4-8H,1-3H3;2*3-7H,1-2H3;3-7H,1-2H3,(H,11,12). The first-order valence-corrected chi connectivity index (χ1v) is 17.7. The second-order valence-corrected chi connectivity index (χ2v) is 14.4. The van der Waals surface area contributed by atoms with E-state index in [9.17, 15) is 0 Å². The Morgan fingerprint density at radius 3 is 1.90 bits per heavy atom. The van der Waals surface area contributed by atoms with Crippen molar-refractivity contribution in [2.24, 2.45) is 0 Å². The van der Waals surface area contributed by atoms with Crippen LogP contribution in [0.2, 0.25) is 0 Å². The number of H-pyrrole nitrogens is 1. The third kappa shape index (κ3) is 9.51. The van der Waals surface area contributed by atoms with Gasteiger partial charge in [-0.3, -0.25) is 4.98 Å². The molecule has 0 amide bonds. The highest BCUT2D eigenvalue weighted by molar-refractivity contribution is 5.80. The van der Waals surface area contributed by atoms with Crippen molar-refractivity contribution in [1.82, 2.24) is 49.8 Å². The first-order chi connectivity index (χ1) is 24.9. The molecule has 0 saturated carbocycles. The molecule has 2 aromatic carbocycles. The predicted molar refractivity (Wildman–Crippen MR) is 211 cm³/mol. The molecule has 266 valence electrons. The minimum Gasteiger partial charge on any atom is -0.342 e. The van der Waals surface area contributed by atoms with Gasteiger partial charge in [-0.15, -0.1) is 0 Å². The van der Waals surface area contributed by atoms with Crippen molar-refractivity contribution in [3.63, 3.8) is 0 Å². The van der Waals surface area contributed by atoms with E-state index in [-0.39, 0.29) is 5.41 Å². The van der Waals surface area contributed by atoms with Gasteiger partial charge in [0.1, 0.15) is 24.3 Å². The fraction of sp³-hybridized carbons (Fsp3) is 0.310. The van der Waals surface area contributed by atoms with Gasteiger partial charge in [-0.2, -0.15) is 0 Å². The number of nitrogens with one attached hydrogen (secondary N) is 1. The molecule has 6 heterocycles. The molecule has 0 aliphatic heterocycles. The van der Waals surface area contributed by atoms with Crippen LogP contribution in [0, 0.1) is 0 Å². The number of benzene rings is 2. The van der Waals surface area contributed by atoms with Crippen molar-refractivity contribution in [2.75, 3.05) is 0 Å². The largest absolute Gasteiger partial charge is 0.342 e. The third-order valence-electron chi connectivity index (χ3n) is 8.12. The van der Waals surface area contributed by atoms with E-state index >= 15 is 0 Å². The zero-order valence-corrected chi connectivity index (χ0v) is 31.6. The fourth-order valence-corrected chi connectivity index (χ4v) is 5.34. The topological polar surface area (TPSA) is 132 Å². The van der Waals surface area contributed by atoms with E-state index in [1.54, 1.807) is 31.2 Å². The lowest BCUT2D eigenvalue weighted by Gasteiger charge is -2.16. The van der Waals surface area contributed by atoms with E-state index in [1.807, 2.05) is 72.9 Å². The summed E-state index contributed by atoms with van der Waals surface area (Å²) >= 11 is 0. The third-order valence-corrected chi connectivity index (χ3v) is 8.12. The minimum atomic E-state index is 0.0179. The number of pyridine rings is 2. The average Bonchev–Trinajstić information content (AvgIpc) is 3.60. The van der Waals surface area contributed by atoms with Crippen molar-refractivity contribution < 1.29 is 0 Å². The molecule has 0 aliphatic carbocycles. The van der Waals surface area contributed by atoms with Crippen LogP contribution >= 0.6 is 0 Å². The Balaban J connectivity index is 0.000000134. The lowest BCUT2D eigenvalue weighted by Crippen LogP contribution is -2.15. The summed E-state index contributed by atoms with van der Waals surface area (Å²) in [7, 11) is 0. The van der Waals surface area contributed by atoms with Gasteiger partial charge in [-0.1, -0.05) is 92.6 Å². The van der Waals surface area contributed by atoms with Crippen molar-refractivity contribution >= 4 is 43.9 Å². The highest BCUT2D eigenvalue weighted by Gasteiger charge is 2.17. The number of hydrogen-bond donors (Lipinski definition) is 1. The Bertz CT molecular complexity index is 2230. The second-order valence-electron chi connectivity index (χ2n) is 14.4. The molecule has 0 radical (unpaired) electrons. The van der Waals surface area contributed by atoms with Gasteiger partial charge in [0.25, 0.3) is 0 Å². The van der Waals surface area contributed by atoms with E-state index in [2.05, 4.69) is 112 Å². The first kappa shape index (κ1) is 37.5. The smallest absolute Gasteiger partial charge is 0.162 e. The molecule has 8 aromatic rings. The molecule has 8 rings (SSSR count). The summed E-state index contributed by atoms with van der Waals surface area (Å²) in [4.78, 5) is 41.6. The SMILES string of the molecule is CC(C)(C)c1ncc2ccccc2n1.CC(C)c1nc2ccccc2[nH]1.CC(C)c1ncnc2cnccc12.CC(C)c1ncnc2ncccc12. The van der Waals surface area contributed by atoms with E-state index in [4.69, 9.17) is 0 Å². The van der Waals surface area contributed by atoms with Gasteiger partial charge in [-0.25, -0.2) is 39.9 Å². The molecule has 10 nitrogen and oxygen atoms in total. The van der Waals surface area contributed by atoms with Crippen LogP contribution in [-0.2, 0) is 5.41 Å². The Morgan fingerprint density at radius 1 is 0.538 bits per heavy atom. The number of para-hydroxylation sites is 3. The number of fused-ring (bicyclic) bond motifs is 4. The highest BCUT2D eigenvalue weighted by atomic mass is 14.9. The van der Waals surface area contributed by atoms with Crippen LogP contribution in [0.4, 0.5) is 0 Å². The van der Waals surface area contributed by atoms with Crippen LogP contribution in [0.1, 0.15) is 103 Å². The van der Waals surface area contributed by atoms with Gasteiger partial charge in [0, 0.05) is 46.1 Å². The van der Waals surface area contributed by atoms with Crippen molar-refractivity contribution in [2.45, 2.75) is 85.5 Å². The average molecular weight is 693 g/mol. The predicted octanol–water partition coefficient (Wildman–Crippen LogP) is 9.91. The van der Waals surface area contributed by atoms with Gasteiger partial charge >= 0.3 is 0 Å². The molecule has 0 atom stereocenters. The maximum atomic E-state index is 4.54. The molecular formula is C42H48N10. The van der Waals surface area contributed by atoms with Gasteiger partial charge in [0.2, 0.25) is 0 Å². The summed E-state index contributed by atoms with van der Waals surface area (Å²) < 4.78 is 0. The second kappa shape index (κ2) is 17.0. The van der Waals surface area contributed by atoms with Crippen molar-refractivity contribution in [3.8, 4) is 0 Å². The van der Waals surface area contributed by atoms with E-state index in [1.165, 1.54) is 0 Å². The Hall–Kier alpha value is -5.77. The molecule has 0 spiro atoms. The quantitative estimate of drug-likeness (QED) is 0.192. The normalized spacial score (nSPS) is 11.3. The van der Waals surface area contributed by atoms with Crippen LogP contribution in [-0.4, -0.2) is 49.8 Å². The fourth-order valence-electron chi connectivity index (χ4n) is 5.34. The molecule has 6 aromatic heterocycles. The van der Waals surface area contributed by atoms with Gasteiger partial charge < -0.3 is 4.98 Å². The molecule has 10 heteroatoms. The van der Waals surface area contributed by atoms with E-state index in [0.29, 0.717) is 17.8 Å². The lowest BCUT2D eigenvalue weighted by atomic mass is 9.95. The van der Waals surface area contributed by atoms with Crippen molar-refractivity contribution in [1.29, 1.82) is 0 Å². The van der Waals surface area contributed by atoms with Crippen LogP contribution in [0.15, 0.2) is 104 Å². The maximum Gasteiger partial charge on any atom is 0.162 e. The zero-order chi connectivity index (χ0) is 37.3. The van der Waals surface area contributed by atoms with Crippen LogP contribution < -0.4 is 0 Å². The number of aromatic nitrogens is 10. The molecule has 0 fully saturated rings. The van der Waals surface area contributed by atoms with Gasteiger partial charge in [0.15, 0.2) is 5.65 Å². The number of nitrogens with zero attached hydrogens (tertiary/aromatic N) is 9. The number of aromatic amines is 1. The summed E-state index contributed by atoms with van der Waals surface area (Å²) in [6.07, 6.45) is 10.4. The zero-order valence-electron chi connectivity index (χ0n) is 31.6. The molecular weight excluding hydrogens is 645 g/mol. The summed E-state index contributed by atoms with van der Waals surface area (Å²) in [6.45, 7) is 19.1. The van der Waals surface area contributed by atoms with Crippen LogP contribution in [0.3, 0.4) is 0 Å². The summed E-state index contributed by atoms with van der Waals surface area (Å²) in [5.74, 6) is 3.27. The Labute approximate surface area is 305 Å². The highest BCUT2D eigenvalue weighted by Crippen LogP contribution is 2.22. The molecule has 0 unspecified atom stereocenters. The van der Waals surface area contributed by atoms with Gasteiger partial charge in [-0.05, 0) is 48.2 Å². The minimum absolute atomic E-state index is 0.0179. The Morgan fingerprint density at radius 2 is 1.21 bits per heavy atom. The molecule has 0 bridgehead atoms. The van der Waals surface area contributed by atoms with Crippen LogP contribution in [0.5, 0.6) is 0 Å². The monoisotopic (exact) mass is 692 g/mol.